The number of carbonyl (C=O) groups excluding carboxylic acids is 1. The van der Waals surface area contributed by atoms with E-state index in [0.29, 0.717) is 22.2 Å². The Morgan fingerprint density at radius 2 is 1.85 bits per heavy atom. The number of phenols is 1. The van der Waals surface area contributed by atoms with E-state index in [0.717, 1.165) is 0 Å². The molecule has 0 fully saturated rings. The van der Waals surface area contributed by atoms with Gasteiger partial charge in [-0.1, -0.05) is 12.1 Å². The number of fused-ring (bicyclic) bond motifs is 1. The molecule has 7 heteroatoms. The zero-order chi connectivity index (χ0) is 18.8. The number of hydrogen-bond donors (Lipinski definition) is 1. The van der Waals surface area contributed by atoms with Crippen LogP contribution in [-0.4, -0.2) is 18.2 Å². The van der Waals surface area contributed by atoms with Crippen LogP contribution in [0.2, 0.25) is 0 Å². The molecule has 0 aliphatic heterocycles. The standard InChI is InChI=1S/C19H16N2O5/c1-10-5-4-6-14(18(23)25-3)16(10)20-21-17-11(2)13-8-7-12(22)9-15(13)26-19(17)24/h4-9,22H,1-3H3. The van der Waals surface area contributed by atoms with Crippen molar-refractivity contribution in [2.45, 2.75) is 13.8 Å². The maximum Gasteiger partial charge on any atom is 0.364 e. The van der Waals surface area contributed by atoms with Crippen LogP contribution in [0.1, 0.15) is 21.5 Å². The quantitative estimate of drug-likeness (QED) is 0.430. The number of hydrogen-bond acceptors (Lipinski definition) is 7. The molecule has 26 heavy (non-hydrogen) atoms. The molecule has 1 aromatic heterocycles. The Kier molecular flexibility index (Phi) is 4.53. The molecule has 0 radical (unpaired) electrons. The molecule has 0 saturated heterocycles. The van der Waals surface area contributed by atoms with E-state index < -0.39 is 11.6 Å². The van der Waals surface area contributed by atoms with Crippen LogP contribution in [0.3, 0.4) is 0 Å². The van der Waals surface area contributed by atoms with Gasteiger partial charge in [-0.15, -0.1) is 10.2 Å². The fraction of sp³-hybridized carbons (Fsp3) is 0.158. The molecule has 7 nitrogen and oxygen atoms in total. The maximum absolute atomic E-state index is 12.3. The molecule has 2 aromatic carbocycles. The Balaban J connectivity index is 2.15. The third-order valence-electron chi connectivity index (χ3n) is 4.01. The highest BCUT2D eigenvalue weighted by molar-refractivity contribution is 5.95. The minimum absolute atomic E-state index is 0.00273. The average Bonchev–Trinajstić information content (AvgIpc) is 2.61. The Labute approximate surface area is 148 Å². The van der Waals surface area contributed by atoms with Crippen molar-refractivity contribution in [1.82, 2.24) is 0 Å². The van der Waals surface area contributed by atoms with Crippen molar-refractivity contribution in [2.24, 2.45) is 10.2 Å². The summed E-state index contributed by atoms with van der Waals surface area (Å²) in [6.07, 6.45) is 0. The number of aromatic hydroxyl groups is 1. The van der Waals surface area contributed by atoms with Crippen molar-refractivity contribution in [3.8, 4) is 5.75 Å². The number of esters is 1. The zero-order valence-electron chi connectivity index (χ0n) is 14.4. The monoisotopic (exact) mass is 352 g/mol. The van der Waals surface area contributed by atoms with E-state index >= 15 is 0 Å². The van der Waals surface area contributed by atoms with Gasteiger partial charge in [0.15, 0.2) is 5.69 Å². The number of benzene rings is 2. The van der Waals surface area contributed by atoms with Crippen LogP contribution in [-0.2, 0) is 4.74 Å². The van der Waals surface area contributed by atoms with Gasteiger partial charge in [0.25, 0.3) is 0 Å². The normalized spacial score (nSPS) is 11.2. The van der Waals surface area contributed by atoms with Gasteiger partial charge in [-0.05, 0) is 43.2 Å². The van der Waals surface area contributed by atoms with E-state index in [2.05, 4.69) is 10.2 Å². The lowest BCUT2D eigenvalue weighted by Gasteiger charge is -2.06. The van der Waals surface area contributed by atoms with Crippen LogP contribution in [0, 0.1) is 13.8 Å². The van der Waals surface area contributed by atoms with E-state index in [4.69, 9.17) is 9.15 Å². The lowest BCUT2D eigenvalue weighted by atomic mass is 10.1. The fourth-order valence-corrected chi connectivity index (χ4v) is 2.62. The van der Waals surface area contributed by atoms with Gasteiger partial charge < -0.3 is 14.3 Å². The van der Waals surface area contributed by atoms with Crippen LogP contribution in [0.25, 0.3) is 11.0 Å². The summed E-state index contributed by atoms with van der Waals surface area (Å²) in [6, 6.07) is 9.55. The van der Waals surface area contributed by atoms with Gasteiger partial charge >= 0.3 is 11.6 Å². The molecule has 0 atom stereocenters. The number of carbonyl (C=O) groups is 1. The topological polar surface area (TPSA) is 101 Å². The number of ether oxygens (including phenoxy) is 1. The van der Waals surface area contributed by atoms with Gasteiger partial charge in [0.05, 0.1) is 12.7 Å². The van der Waals surface area contributed by atoms with Crippen molar-refractivity contribution in [3.05, 3.63) is 63.5 Å². The van der Waals surface area contributed by atoms with Crippen molar-refractivity contribution in [1.29, 1.82) is 0 Å². The predicted molar refractivity (Wildman–Crippen MR) is 95.6 cm³/mol. The minimum Gasteiger partial charge on any atom is -0.508 e. The Bertz CT molecular complexity index is 1100. The molecule has 1 N–H and O–H groups in total. The minimum atomic E-state index is -0.683. The van der Waals surface area contributed by atoms with Crippen molar-refractivity contribution in [2.75, 3.05) is 7.11 Å². The molecule has 1 heterocycles. The number of aryl methyl sites for hydroxylation is 2. The van der Waals surface area contributed by atoms with Crippen LogP contribution in [0.15, 0.2) is 55.8 Å². The number of rotatable bonds is 3. The third-order valence-corrected chi connectivity index (χ3v) is 4.01. The second-order valence-electron chi connectivity index (χ2n) is 5.71. The van der Waals surface area contributed by atoms with Crippen molar-refractivity contribution >= 4 is 28.3 Å². The van der Waals surface area contributed by atoms with Gasteiger partial charge in [-0.2, -0.15) is 0 Å². The van der Waals surface area contributed by atoms with Crippen LogP contribution >= 0.6 is 0 Å². The van der Waals surface area contributed by atoms with Crippen molar-refractivity contribution < 1.29 is 19.1 Å². The highest BCUT2D eigenvalue weighted by Crippen LogP contribution is 2.30. The summed E-state index contributed by atoms with van der Waals surface area (Å²) in [5, 5.41) is 18.3. The average molecular weight is 352 g/mol. The summed E-state index contributed by atoms with van der Waals surface area (Å²) < 4.78 is 9.97. The molecule has 0 bridgehead atoms. The van der Waals surface area contributed by atoms with Gasteiger partial charge in [-0.25, -0.2) is 9.59 Å². The summed E-state index contributed by atoms with van der Waals surface area (Å²) in [5.74, 6) is -0.544. The summed E-state index contributed by atoms with van der Waals surface area (Å²) in [4.78, 5) is 24.2. The Morgan fingerprint density at radius 1 is 1.12 bits per heavy atom. The van der Waals surface area contributed by atoms with Gasteiger partial charge in [0, 0.05) is 11.5 Å². The molecular formula is C19H16N2O5. The highest BCUT2D eigenvalue weighted by Gasteiger charge is 2.15. The molecule has 132 valence electrons. The molecule has 3 rings (SSSR count). The zero-order valence-corrected chi connectivity index (χ0v) is 14.4. The molecule has 0 aliphatic carbocycles. The van der Waals surface area contributed by atoms with Gasteiger partial charge in [0.2, 0.25) is 0 Å². The lowest BCUT2D eigenvalue weighted by molar-refractivity contribution is 0.0601. The number of methoxy groups -OCH3 is 1. The molecule has 0 saturated carbocycles. The van der Waals surface area contributed by atoms with Crippen LogP contribution in [0.5, 0.6) is 5.75 Å². The summed E-state index contributed by atoms with van der Waals surface area (Å²) in [7, 11) is 1.28. The Morgan fingerprint density at radius 3 is 2.58 bits per heavy atom. The third kappa shape index (κ3) is 3.06. The first kappa shape index (κ1) is 17.3. The number of azo groups is 1. The number of nitrogens with zero attached hydrogens (tertiary/aromatic N) is 2. The molecule has 0 spiro atoms. The molecule has 0 amide bonds. The summed E-state index contributed by atoms with van der Waals surface area (Å²) >= 11 is 0. The summed E-state index contributed by atoms with van der Waals surface area (Å²) in [5.41, 5.74) is 1.46. The SMILES string of the molecule is COC(=O)c1cccc(C)c1N=Nc1c(C)c2ccc(O)cc2oc1=O. The number of phenolic OH excluding ortho intramolecular Hbond substituents is 1. The second kappa shape index (κ2) is 6.79. The second-order valence-corrected chi connectivity index (χ2v) is 5.71. The van der Waals surface area contributed by atoms with Gasteiger partial charge in [-0.3, -0.25) is 0 Å². The highest BCUT2D eigenvalue weighted by atomic mass is 16.5. The molecule has 0 unspecified atom stereocenters. The van der Waals surface area contributed by atoms with E-state index in [1.165, 1.54) is 19.2 Å². The molecule has 3 aromatic rings. The maximum atomic E-state index is 12.3. The van der Waals surface area contributed by atoms with Crippen molar-refractivity contribution in [3.63, 3.8) is 0 Å². The van der Waals surface area contributed by atoms with E-state index in [1.54, 1.807) is 38.1 Å². The Hall–Kier alpha value is -3.48. The first-order chi connectivity index (χ1) is 12.4. The van der Waals surface area contributed by atoms with E-state index in [1.807, 2.05) is 0 Å². The van der Waals surface area contributed by atoms with E-state index in [9.17, 15) is 14.7 Å². The first-order valence-corrected chi connectivity index (χ1v) is 7.78. The van der Waals surface area contributed by atoms with Gasteiger partial charge in [0.1, 0.15) is 17.0 Å². The predicted octanol–water partition coefficient (Wildman–Crippen LogP) is 4.32. The molecular weight excluding hydrogens is 336 g/mol. The van der Waals surface area contributed by atoms with Crippen LogP contribution in [0.4, 0.5) is 11.4 Å². The largest absolute Gasteiger partial charge is 0.508 e. The summed E-state index contributed by atoms with van der Waals surface area (Å²) in [6.45, 7) is 3.49. The van der Waals surface area contributed by atoms with E-state index in [-0.39, 0.29) is 22.6 Å². The lowest BCUT2D eigenvalue weighted by Crippen LogP contribution is -2.02. The molecule has 0 aliphatic rings. The smallest absolute Gasteiger partial charge is 0.364 e. The first-order valence-electron chi connectivity index (χ1n) is 7.78. The van der Waals surface area contributed by atoms with Crippen LogP contribution < -0.4 is 5.63 Å². The fourth-order valence-electron chi connectivity index (χ4n) is 2.62.